The summed E-state index contributed by atoms with van der Waals surface area (Å²) in [5, 5.41) is 6.36. The number of carbonyl (C=O) groups is 1. The van der Waals surface area contributed by atoms with Gasteiger partial charge in [-0.25, -0.2) is 4.98 Å². The number of nitrogens with zero attached hydrogens (tertiary/aromatic N) is 7. The van der Waals surface area contributed by atoms with E-state index in [2.05, 4.69) is 47.2 Å². The van der Waals surface area contributed by atoms with Crippen LogP contribution in [0.3, 0.4) is 0 Å². The third kappa shape index (κ3) is 6.13. The minimum Gasteiger partial charge on any atom is -0.369 e. The maximum atomic E-state index is 13.9. The molecule has 2 N–H and O–H groups in total. The Hall–Kier alpha value is -2.22. The zero-order valence-corrected chi connectivity index (χ0v) is 26.0. The summed E-state index contributed by atoms with van der Waals surface area (Å²) in [5.74, 6) is 0.701. The van der Waals surface area contributed by atoms with Crippen molar-refractivity contribution in [2.45, 2.75) is 81.2 Å². The molecule has 5 saturated heterocycles. The Kier molecular flexibility index (Phi) is 8.43. The van der Waals surface area contributed by atoms with E-state index in [-0.39, 0.29) is 35.3 Å². The Balaban J connectivity index is 0.930. The molecule has 1 atom stereocenters. The molecule has 44 heavy (non-hydrogen) atoms. The fraction of sp³-hybridized carbons (Fsp3) is 0.839. The molecule has 10 nitrogen and oxygen atoms in total. The number of hydrogen-bond donors (Lipinski definition) is 2. The lowest BCUT2D eigenvalue weighted by molar-refractivity contribution is -0.137. The average molecular weight is 620 g/mol. The predicted molar refractivity (Wildman–Crippen MR) is 162 cm³/mol. The molecule has 1 unspecified atom stereocenters. The van der Waals surface area contributed by atoms with E-state index in [1.807, 2.05) is 4.90 Å². The lowest BCUT2D eigenvalue weighted by Gasteiger charge is -2.52. The lowest BCUT2D eigenvalue weighted by atomic mass is 9.75. The minimum absolute atomic E-state index is 0.126. The molecule has 0 radical (unpaired) electrons. The number of alkyl halides is 3. The molecule has 1 aromatic heterocycles. The van der Waals surface area contributed by atoms with Crippen molar-refractivity contribution in [1.82, 2.24) is 34.5 Å². The third-order valence-electron chi connectivity index (χ3n) is 11.6. The monoisotopic (exact) mass is 619 g/mol. The van der Waals surface area contributed by atoms with Gasteiger partial charge in [0.2, 0.25) is 11.9 Å². The maximum Gasteiger partial charge on any atom is 0.421 e. The van der Waals surface area contributed by atoms with Gasteiger partial charge in [-0.1, -0.05) is 0 Å². The summed E-state index contributed by atoms with van der Waals surface area (Å²) in [4.78, 5) is 33.0. The second-order valence-electron chi connectivity index (χ2n) is 14.2. The number of fused-ring (bicyclic) bond motifs is 5. The summed E-state index contributed by atoms with van der Waals surface area (Å²) in [6.45, 7) is 9.99. The van der Waals surface area contributed by atoms with Crippen LogP contribution in [0.1, 0.15) is 56.9 Å². The van der Waals surface area contributed by atoms with E-state index in [1.165, 1.54) is 25.9 Å². The fourth-order valence-corrected chi connectivity index (χ4v) is 9.02. The van der Waals surface area contributed by atoms with Crippen LogP contribution in [0.5, 0.6) is 0 Å². The van der Waals surface area contributed by atoms with Gasteiger partial charge in [-0.2, -0.15) is 18.2 Å². The summed E-state index contributed by atoms with van der Waals surface area (Å²) < 4.78 is 41.6. The summed E-state index contributed by atoms with van der Waals surface area (Å²) in [7, 11) is 2.21. The summed E-state index contributed by atoms with van der Waals surface area (Å²) in [6, 6.07) is 1.13. The molecule has 6 heterocycles. The van der Waals surface area contributed by atoms with Crippen LogP contribution in [-0.4, -0.2) is 143 Å². The molecule has 3 aliphatic carbocycles. The number of piperidine rings is 2. The topological polar surface area (TPSA) is 83.1 Å². The van der Waals surface area contributed by atoms with Crippen molar-refractivity contribution in [2.75, 3.05) is 89.7 Å². The number of hydrogen-bond acceptors (Lipinski definition) is 9. The van der Waals surface area contributed by atoms with Crippen molar-refractivity contribution < 1.29 is 18.0 Å². The van der Waals surface area contributed by atoms with Gasteiger partial charge in [0.1, 0.15) is 11.4 Å². The van der Waals surface area contributed by atoms with E-state index >= 15 is 0 Å². The van der Waals surface area contributed by atoms with E-state index in [1.54, 1.807) is 0 Å². The highest BCUT2D eigenvalue weighted by molar-refractivity contribution is 5.79. The Morgan fingerprint density at radius 2 is 1.66 bits per heavy atom. The summed E-state index contributed by atoms with van der Waals surface area (Å²) in [5.41, 5.74) is -0.648. The van der Waals surface area contributed by atoms with E-state index in [9.17, 15) is 18.0 Å². The van der Waals surface area contributed by atoms with Gasteiger partial charge in [-0.05, 0) is 77.4 Å². The molecule has 13 heteroatoms. The van der Waals surface area contributed by atoms with Gasteiger partial charge in [-0.3, -0.25) is 19.5 Å². The average Bonchev–Trinajstić information content (AvgIpc) is 3.43. The summed E-state index contributed by atoms with van der Waals surface area (Å²) >= 11 is 0. The van der Waals surface area contributed by atoms with E-state index in [4.69, 9.17) is 0 Å². The first-order chi connectivity index (χ1) is 21.2. The highest BCUT2D eigenvalue weighted by atomic mass is 19.4. The van der Waals surface area contributed by atoms with Gasteiger partial charge in [0.25, 0.3) is 0 Å². The van der Waals surface area contributed by atoms with Crippen LogP contribution in [0, 0.1) is 5.92 Å². The van der Waals surface area contributed by atoms with Crippen molar-refractivity contribution in [1.29, 1.82) is 0 Å². The zero-order valence-electron chi connectivity index (χ0n) is 26.0. The quantitative estimate of drug-likeness (QED) is 0.406. The van der Waals surface area contributed by atoms with Crippen LogP contribution in [-0.2, 0) is 11.0 Å². The maximum absolute atomic E-state index is 13.9. The number of halogens is 3. The number of rotatable bonds is 9. The largest absolute Gasteiger partial charge is 0.421 e. The van der Waals surface area contributed by atoms with Crippen molar-refractivity contribution in [3.8, 4) is 0 Å². The van der Waals surface area contributed by atoms with Crippen molar-refractivity contribution in [3.63, 3.8) is 0 Å². The van der Waals surface area contributed by atoms with Crippen LogP contribution in [0.2, 0.25) is 0 Å². The number of aromatic nitrogens is 2. The molecule has 0 aromatic carbocycles. The van der Waals surface area contributed by atoms with Crippen LogP contribution >= 0.6 is 0 Å². The second kappa shape index (κ2) is 12.2. The van der Waals surface area contributed by atoms with Crippen molar-refractivity contribution in [3.05, 3.63) is 11.8 Å². The fourth-order valence-electron chi connectivity index (χ4n) is 9.02. The summed E-state index contributed by atoms with van der Waals surface area (Å²) in [6.07, 6.45) is 4.63. The van der Waals surface area contributed by atoms with Gasteiger partial charge < -0.3 is 20.4 Å². The number of piperazine rings is 1. The van der Waals surface area contributed by atoms with Gasteiger partial charge >= 0.3 is 6.18 Å². The van der Waals surface area contributed by atoms with Crippen molar-refractivity contribution >= 4 is 17.7 Å². The van der Waals surface area contributed by atoms with Gasteiger partial charge in [-0.15, -0.1) is 0 Å². The predicted octanol–water partition coefficient (Wildman–Crippen LogP) is 2.65. The Morgan fingerprint density at radius 3 is 2.36 bits per heavy atom. The molecule has 244 valence electrons. The zero-order chi connectivity index (χ0) is 30.5. The standard InChI is InChI=1S/C31H48F3N9O/c1-39-9-3-23(4-10-39)41-13-15-42(16-14-41)30-17-22(18-30)26(19-30)37-29-36-20-25(31(32,33)34)28(38-29)35-7-2-8-43-24-5-11-40(12-6-24)21-27(43)44/h20,22-24,26H,2-19,21H2,1H3,(H2,35,36,37,38). The molecular formula is C31H48F3N9O. The van der Waals surface area contributed by atoms with E-state index < -0.39 is 11.7 Å². The molecule has 0 spiro atoms. The number of likely N-dealkylation sites (tertiary alicyclic amines) is 1. The first-order valence-electron chi connectivity index (χ1n) is 16.8. The number of amides is 1. The van der Waals surface area contributed by atoms with Crippen molar-refractivity contribution in [2.24, 2.45) is 5.92 Å². The third-order valence-corrected chi connectivity index (χ3v) is 11.6. The highest BCUT2D eigenvalue weighted by Gasteiger charge is 2.59. The smallest absolute Gasteiger partial charge is 0.369 e. The molecule has 3 saturated carbocycles. The van der Waals surface area contributed by atoms with Crippen LogP contribution in [0.25, 0.3) is 0 Å². The normalized spacial score (nSPS) is 33.8. The molecule has 9 rings (SSSR count). The molecule has 5 aliphatic heterocycles. The lowest BCUT2D eigenvalue weighted by Crippen LogP contribution is -2.61. The van der Waals surface area contributed by atoms with Gasteiger partial charge in [0, 0.05) is 82.2 Å². The Bertz CT molecular complexity index is 1170. The number of anilines is 2. The molecule has 1 aromatic rings. The first kappa shape index (κ1) is 30.4. The second-order valence-corrected chi connectivity index (χ2v) is 14.2. The SMILES string of the molecule is CN1CCC(N2CCN(C34CC(C3)C(Nc3ncc(C(F)(F)F)c(NCCCN5C(=O)CN6CCC5CC6)n3)C4)CC2)CC1. The Morgan fingerprint density at radius 1 is 0.955 bits per heavy atom. The van der Waals surface area contributed by atoms with Gasteiger partial charge in [0.05, 0.1) is 6.54 Å². The molecule has 1 amide bonds. The molecule has 8 fully saturated rings. The van der Waals surface area contributed by atoms with Gasteiger partial charge in [0.15, 0.2) is 0 Å². The van der Waals surface area contributed by atoms with E-state index in [0.29, 0.717) is 38.0 Å². The molecule has 8 aliphatic rings. The Labute approximate surface area is 258 Å². The highest BCUT2D eigenvalue weighted by Crippen LogP contribution is 2.56. The van der Waals surface area contributed by atoms with E-state index in [0.717, 1.165) is 77.6 Å². The number of carbonyl (C=O) groups excluding carboxylic acids is 1. The number of nitrogens with one attached hydrogen (secondary N) is 2. The van der Waals surface area contributed by atoms with Crippen LogP contribution < -0.4 is 10.6 Å². The van der Waals surface area contributed by atoms with Crippen LogP contribution in [0.15, 0.2) is 6.20 Å². The minimum atomic E-state index is -4.55. The first-order valence-corrected chi connectivity index (χ1v) is 16.8. The van der Waals surface area contributed by atoms with Crippen LogP contribution in [0.4, 0.5) is 24.9 Å². The molecule has 4 bridgehead atoms. The molecular weight excluding hydrogens is 571 g/mol.